The van der Waals surface area contributed by atoms with Crippen molar-refractivity contribution >= 4 is 35.9 Å². The summed E-state index contributed by atoms with van der Waals surface area (Å²) < 4.78 is 5.13. The molecule has 0 bridgehead atoms. The summed E-state index contributed by atoms with van der Waals surface area (Å²) in [5.41, 5.74) is 1.37. The Morgan fingerprint density at radius 1 is 1.31 bits per heavy atom. The minimum atomic E-state index is -0.0539. The Kier molecular flexibility index (Phi) is 10.6. The Labute approximate surface area is 174 Å². The van der Waals surface area contributed by atoms with E-state index >= 15 is 0 Å². The molecule has 1 unspecified atom stereocenters. The molecule has 1 atom stereocenters. The van der Waals surface area contributed by atoms with Crippen LogP contribution in [0.25, 0.3) is 0 Å². The zero-order valence-electron chi connectivity index (χ0n) is 16.1. The van der Waals surface area contributed by atoms with Gasteiger partial charge in [-0.25, -0.2) is 0 Å². The first-order valence-corrected chi connectivity index (χ1v) is 9.32. The van der Waals surface area contributed by atoms with Gasteiger partial charge in [0.15, 0.2) is 5.96 Å². The number of esters is 1. The molecular weight excluding hydrogens is 441 g/mol. The molecule has 1 aliphatic rings. The summed E-state index contributed by atoms with van der Waals surface area (Å²) in [6.45, 7) is 7.15. The zero-order chi connectivity index (χ0) is 18.1. The molecule has 0 radical (unpaired) electrons. The summed E-state index contributed by atoms with van der Waals surface area (Å²) in [6.07, 6.45) is 2.72. The predicted molar refractivity (Wildman–Crippen MR) is 117 cm³/mol. The third-order valence-electron chi connectivity index (χ3n) is 4.86. The van der Waals surface area contributed by atoms with Crippen LogP contribution in [-0.4, -0.2) is 50.1 Å². The number of likely N-dealkylation sites (tertiary alicyclic amines) is 1. The van der Waals surface area contributed by atoms with Gasteiger partial charge in [0.1, 0.15) is 0 Å². The number of ether oxygens (including phenoxy) is 1. The van der Waals surface area contributed by atoms with Gasteiger partial charge in [0.05, 0.1) is 12.5 Å². The second kappa shape index (κ2) is 12.1. The normalized spacial score (nSPS) is 16.6. The van der Waals surface area contributed by atoms with Gasteiger partial charge in [-0.15, -0.1) is 24.0 Å². The molecule has 6 heteroatoms. The highest BCUT2D eigenvalue weighted by atomic mass is 127. The summed E-state index contributed by atoms with van der Waals surface area (Å²) >= 11 is 0. The highest BCUT2D eigenvalue weighted by Gasteiger charge is 2.27. The third-order valence-corrected chi connectivity index (χ3v) is 4.86. The first-order valence-electron chi connectivity index (χ1n) is 9.32. The van der Waals surface area contributed by atoms with Gasteiger partial charge in [-0.1, -0.05) is 37.3 Å². The van der Waals surface area contributed by atoms with Gasteiger partial charge >= 0.3 is 5.97 Å². The lowest BCUT2D eigenvalue weighted by Crippen LogP contribution is -2.47. The van der Waals surface area contributed by atoms with Crippen molar-refractivity contribution < 1.29 is 9.53 Å². The number of hydrogen-bond acceptors (Lipinski definition) is 3. The van der Waals surface area contributed by atoms with Crippen molar-refractivity contribution in [1.82, 2.24) is 10.2 Å². The van der Waals surface area contributed by atoms with E-state index in [9.17, 15) is 4.79 Å². The van der Waals surface area contributed by atoms with Gasteiger partial charge in [-0.05, 0) is 37.7 Å². The number of nitrogens with one attached hydrogen (secondary N) is 1. The largest absolute Gasteiger partial charge is 0.466 e. The number of carbonyl (C=O) groups is 1. The molecule has 1 fully saturated rings. The second-order valence-corrected chi connectivity index (χ2v) is 6.59. The molecule has 0 aromatic heterocycles. The van der Waals surface area contributed by atoms with Gasteiger partial charge in [0.2, 0.25) is 0 Å². The number of guanidine groups is 1. The second-order valence-electron chi connectivity index (χ2n) is 6.59. The maximum absolute atomic E-state index is 11.8. The SMILES string of the molecule is CCOC(=O)C1CCN(C(=NC)NCCC(C)c2ccccc2)CC1.I. The van der Waals surface area contributed by atoms with Crippen molar-refractivity contribution in [1.29, 1.82) is 0 Å². The molecule has 5 nitrogen and oxygen atoms in total. The van der Waals surface area contributed by atoms with E-state index in [1.807, 2.05) is 14.0 Å². The average molecular weight is 473 g/mol. The zero-order valence-corrected chi connectivity index (χ0v) is 18.4. The summed E-state index contributed by atoms with van der Waals surface area (Å²) in [5, 5.41) is 3.47. The van der Waals surface area contributed by atoms with Gasteiger partial charge in [-0.2, -0.15) is 0 Å². The molecule has 146 valence electrons. The fourth-order valence-corrected chi connectivity index (χ4v) is 3.27. The minimum Gasteiger partial charge on any atom is -0.466 e. The Hall–Kier alpha value is -1.31. The number of piperidine rings is 1. The Morgan fingerprint density at radius 3 is 2.54 bits per heavy atom. The number of rotatable bonds is 6. The number of benzene rings is 1. The monoisotopic (exact) mass is 473 g/mol. The van der Waals surface area contributed by atoms with E-state index in [2.05, 4.69) is 52.5 Å². The van der Waals surface area contributed by atoms with Crippen LogP contribution in [0.5, 0.6) is 0 Å². The summed E-state index contributed by atoms with van der Waals surface area (Å²) in [6, 6.07) is 10.6. The Balaban J connectivity index is 0.00000338. The van der Waals surface area contributed by atoms with Crippen molar-refractivity contribution in [3.05, 3.63) is 35.9 Å². The maximum Gasteiger partial charge on any atom is 0.309 e. The molecule has 0 spiro atoms. The molecule has 1 saturated heterocycles. The standard InChI is InChI=1S/C20H31N3O2.HI/c1-4-25-19(24)18-11-14-23(15-12-18)20(21-3)22-13-10-16(2)17-8-6-5-7-9-17;/h5-9,16,18H,4,10-15H2,1-3H3,(H,21,22);1H. The molecule has 26 heavy (non-hydrogen) atoms. The van der Waals surface area contributed by atoms with Crippen LogP contribution in [0.2, 0.25) is 0 Å². The molecule has 1 aromatic rings. The van der Waals surface area contributed by atoms with Crippen LogP contribution in [0.15, 0.2) is 35.3 Å². The van der Waals surface area contributed by atoms with Crippen LogP contribution >= 0.6 is 24.0 Å². The Bertz CT molecular complexity index is 557. The van der Waals surface area contributed by atoms with Gasteiger partial charge in [-0.3, -0.25) is 9.79 Å². The first kappa shape index (κ1) is 22.7. The van der Waals surface area contributed by atoms with E-state index < -0.39 is 0 Å². The number of nitrogens with zero attached hydrogens (tertiary/aromatic N) is 2. The van der Waals surface area contributed by atoms with Gasteiger partial charge < -0.3 is 15.0 Å². The molecular formula is C20H32IN3O2. The molecule has 1 aromatic carbocycles. The smallest absolute Gasteiger partial charge is 0.309 e. The molecule has 0 saturated carbocycles. The van der Waals surface area contributed by atoms with E-state index in [1.165, 1.54) is 5.56 Å². The highest BCUT2D eigenvalue weighted by molar-refractivity contribution is 14.0. The fraction of sp³-hybridized carbons (Fsp3) is 0.600. The first-order chi connectivity index (χ1) is 12.2. The van der Waals surface area contributed by atoms with Crippen molar-refractivity contribution in [2.24, 2.45) is 10.9 Å². The topological polar surface area (TPSA) is 53.9 Å². The molecule has 1 heterocycles. The van der Waals surface area contributed by atoms with Crippen molar-refractivity contribution in [2.45, 2.75) is 39.0 Å². The number of hydrogen-bond donors (Lipinski definition) is 1. The van der Waals surface area contributed by atoms with Crippen molar-refractivity contribution in [2.75, 3.05) is 33.3 Å². The third kappa shape index (κ3) is 6.78. The summed E-state index contributed by atoms with van der Waals surface area (Å²) in [5.74, 6) is 1.43. The van der Waals surface area contributed by atoms with E-state index in [-0.39, 0.29) is 35.9 Å². The molecule has 0 amide bonds. The highest BCUT2D eigenvalue weighted by Crippen LogP contribution is 2.20. The van der Waals surface area contributed by atoms with Crippen LogP contribution in [0.4, 0.5) is 0 Å². The molecule has 2 rings (SSSR count). The van der Waals surface area contributed by atoms with E-state index in [0.29, 0.717) is 12.5 Å². The number of halogens is 1. The quantitative estimate of drug-likeness (QED) is 0.297. The van der Waals surface area contributed by atoms with Crippen LogP contribution in [0, 0.1) is 5.92 Å². The van der Waals surface area contributed by atoms with Crippen LogP contribution in [0.1, 0.15) is 44.6 Å². The van der Waals surface area contributed by atoms with Gasteiger partial charge in [0, 0.05) is 26.7 Å². The lowest BCUT2D eigenvalue weighted by atomic mass is 9.97. The van der Waals surface area contributed by atoms with Crippen molar-refractivity contribution in [3.8, 4) is 0 Å². The van der Waals surface area contributed by atoms with Crippen LogP contribution in [0.3, 0.4) is 0 Å². The van der Waals surface area contributed by atoms with Crippen LogP contribution < -0.4 is 5.32 Å². The van der Waals surface area contributed by atoms with Gasteiger partial charge in [0.25, 0.3) is 0 Å². The average Bonchev–Trinajstić information content (AvgIpc) is 2.66. The molecule has 0 aliphatic carbocycles. The lowest BCUT2D eigenvalue weighted by Gasteiger charge is -2.33. The lowest BCUT2D eigenvalue weighted by molar-refractivity contribution is -0.149. The van der Waals surface area contributed by atoms with E-state index in [1.54, 1.807) is 0 Å². The molecule has 1 N–H and O–H groups in total. The minimum absolute atomic E-state index is 0. The Morgan fingerprint density at radius 2 is 1.96 bits per heavy atom. The summed E-state index contributed by atoms with van der Waals surface area (Å²) in [7, 11) is 1.82. The predicted octanol–water partition coefficient (Wildman–Crippen LogP) is 3.65. The number of aliphatic imine (C=N–C) groups is 1. The fourth-order valence-electron chi connectivity index (χ4n) is 3.27. The summed E-state index contributed by atoms with van der Waals surface area (Å²) in [4.78, 5) is 18.5. The van der Waals surface area contributed by atoms with Crippen LogP contribution in [-0.2, 0) is 9.53 Å². The van der Waals surface area contributed by atoms with E-state index in [0.717, 1.165) is 44.9 Å². The number of carbonyl (C=O) groups excluding carboxylic acids is 1. The van der Waals surface area contributed by atoms with Crippen molar-refractivity contribution in [3.63, 3.8) is 0 Å². The molecule has 1 aliphatic heterocycles. The van der Waals surface area contributed by atoms with E-state index in [4.69, 9.17) is 4.74 Å². The maximum atomic E-state index is 11.8.